The van der Waals surface area contributed by atoms with Crippen molar-refractivity contribution in [2.75, 3.05) is 18.4 Å². The monoisotopic (exact) mass is 390 g/mol. The van der Waals surface area contributed by atoms with Gasteiger partial charge in [-0.3, -0.25) is 5.10 Å². The Morgan fingerprint density at radius 1 is 1.23 bits per heavy atom. The number of anilines is 1. The van der Waals surface area contributed by atoms with E-state index in [0.29, 0.717) is 37.1 Å². The molecule has 0 radical (unpaired) electrons. The number of nitrogens with one attached hydrogen (secondary N) is 2. The first-order valence-corrected chi connectivity index (χ1v) is 10.6. The average Bonchev–Trinajstić information content (AvgIpc) is 3.42. The number of hydrogen-bond donors (Lipinski definition) is 2. The van der Waals surface area contributed by atoms with Crippen LogP contribution in [0.4, 0.5) is 5.82 Å². The van der Waals surface area contributed by atoms with Gasteiger partial charge in [-0.15, -0.1) is 11.3 Å². The van der Waals surface area contributed by atoms with Crippen LogP contribution in [0.15, 0.2) is 40.7 Å². The first-order valence-electron chi connectivity index (χ1n) is 8.28. The Morgan fingerprint density at radius 3 is 2.77 bits per heavy atom. The molecule has 0 atom stereocenters. The number of aromatic nitrogens is 4. The van der Waals surface area contributed by atoms with Gasteiger partial charge in [0.1, 0.15) is 16.5 Å². The summed E-state index contributed by atoms with van der Waals surface area (Å²) in [5, 5.41) is 12.2. The second-order valence-corrected chi connectivity index (χ2v) is 8.81. The highest BCUT2D eigenvalue weighted by molar-refractivity contribution is 7.89. The molecule has 2 N–H and O–H groups in total. The highest BCUT2D eigenvalue weighted by Crippen LogP contribution is 2.22. The molecule has 1 fully saturated rings. The zero-order valence-corrected chi connectivity index (χ0v) is 15.6. The van der Waals surface area contributed by atoms with Gasteiger partial charge in [-0.25, -0.2) is 18.4 Å². The first-order chi connectivity index (χ1) is 12.6. The van der Waals surface area contributed by atoms with Crippen molar-refractivity contribution in [2.45, 2.75) is 24.3 Å². The molecule has 10 heteroatoms. The Morgan fingerprint density at radius 2 is 2.08 bits per heavy atom. The maximum atomic E-state index is 12.5. The van der Waals surface area contributed by atoms with Gasteiger partial charge in [0.2, 0.25) is 10.0 Å². The third-order valence-electron chi connectivity index (χ3n) is 4.15. The van der Waals surface area contributed by atoms with Gasteiger partial charge in [-0.05, 0) is 36.4 Å². The quantitative estimate of drug-likeness (QED) is 0.669. The van der Waals surface area contributed by atoms with Crippen LogP contribution < -0.4 is 5.32 Å². The van der Waals surface area contributed by atoms with Crippen molar-refractivity contribution < 1.29 is 8.42 Å². The molecule has 0 aliphatic carbocycles. The maximum absolute atomic E-state index is 12.5. The van der Waals surface area contributed by atoms with Crippen LogP contribution in [0.25, 0.3) is 10.7 Å². The minimum atomic E-state index is -3.43. The molecule has 3 aromatic rings. The van der Waals surface area contributed by atoms with Gasteiger partial charge in [-0.2, -0.15) is 9.40 Å². The molecule has 0 aromatic carbocycles. The predicted molar refractivity (Wildman–Crippen MR) is 99.3 cm³/mol. The van der Waals surface area contributed by atoms with E-state index in [4.69, 9.17) is 0 Å². The predicted octanol–water partition coefficient (Wildman–Crippen LogP) is 2.32. The summed E-state index contributed by atoms with van der Waals surface area (Å²) in [5.41, 5.74) is 0. The van der Waals surface area contributed by atoms with E-state index in [1.165, 1.54) is 10.5 Å². The van der Waals surface area contributed by atoms with E-state index in [1.54, 1.807) is 23.5 Å². The lowest BCUT2D eigenvalue weighted by atomic mass is 10.4. The average molecular weight is 390 g/mol. The van der Waals surface area contributed by atoms with Gasteiger partial charge in [-0.1, -0.05) is 6.07 Å². The summed E-state index contributed by atoms with van der Waals surface area (Å²) in [6.45, 7) is 1.59. The van der Waals surface area contributed by atoms with Gasteiger partial charge in [0.25, 0.3) is 0 Å². The molecule has 0 saturated carbocycles. The molecular formula is C16H18N6O2S2. The maximum Gasteiger partial charge on any atom is 0.244 e. The van der Waals surface area contributed by atoms with Crippen LogP contribution in [-0.2, 0) is 16.6 Å². The molecule has 4 heterocycles. The van der Waals surface area contributed by atoms with Crippen LogP contribution in [0.5, 0.6) is 0 Å². The lowest BCUT2D eigenvalue weighted by Gasteiger charge is -2.15. The fourth-order valence-electron chi connectivity index (χ4n) is 2.78. The summed E-state index contributed by atoms with van der Waals surface area (Å²) in [7, 11) is -3.43. The Balaban J connectivity index is 1.40. The van der Waals surface area contributed by atoms with E-state index < -0.39 is 10.0 Å². The highest BCUT2D eigenvalue weighted by atomic mass is 32.2. The number of rotatable bonds is 6. The molecule has 8 nitrogen and oxygen atoms in total. The van der Waals surface area contributed by atoms with Crippen LogP contribution in [0.1, 0.15) is 18.7 Å². The van der Waals surface area contributed by atoms with Gasteiger partial charge < -0.3 is 5.32 Å². The molecule has 26 heavy (non-hydrogen) atoms. The van der Waals surface area contributed by atoms with Crippen LogP contribution >= 0.6 is 11.3 Å². The van der Waals surface area contributed by atoms with Crippen LogP contribution in [0.2, 0.25) is 0 Å². The topological polar surface area (TPSA) is 104 Å². The third kappa shape index (κ3) is 3.48. The van der Waals surface area contributed by atoms with E-state index in [1.807, 2.05) is 17.5 Å². The minimum absolute atomic E-state index is 0.226. The number of aromatic amines is 1. The summed E-state index contributed by atoms with van der Waals surface area (Å²) in [4.78, 5) is 9.87. The third-order valence-corrected chi connectivity index (χ3v) is 6.90. The van der Waals surface area contributed by atoms with E-state index in [-0.39, 0.29) is 4.90 Å². The number of sulfonamides is 1. The largest absolute Gasteiger partial charge is 0.363 e. The van der Waals surface area contributed by atoms with E-state index in [2.05, 4.69) is 25.5 Å². The fraction of sp³-hybridized carbons (Fsp3) is 0.312. The molecule has 1 saturated heterocycles. The van der Waals surface area contributed by atoms with Crippen molar-refractivity contribution in [1.29, 1.82) is 0 Å². The molecule has 3 aromatic heterocycles. The van der Waals surface area contributed by atoms with E-state index >= 15 is 0 Å². The fourth-order valence-corrected chi connectivity index (χ4v) is 4.90. The van der Waals surface area contributed by atoms with Gasteiger partial charge >= 0.3 is 0 Å². The van der Waals surface area contributed by atoms with E-state index in [0.717, 1.165) is 17.7 Å². The molecule has 136 valence electrons. The van der Waals surface area contributed by atoms with Crippen molar-refractivity contribution in [3.8, 4) is 10.7 Å². The Hall–Kier alpha value is -2.30. The SMILES string of the molecule is O=S(=O)(c1ccc(NCc2nc(-c3cccs3)n[nH]2)nc1)N1CCCC1. The van der Waals surface area contributed by atoms with Crippen molar-refractivity contribution in [1.82, 2.24) is 24.5 Å². The Kier molecular flexibility index (Phi) is 4.70. The standard InChI is InChI=1S/C16H18N6O2S2/c23-26(24,22-7-1-2-8-22)12-5-6-14(17-10-12)18-11-15-19-16(21-20-15)13-4-3-9-25-13/h3-6,9-10H,1-2,7-8,11H2,(H,17,18)(H,19,20,21). The van der Waals surface area contributed by atoms with E-state index in [9.17, 15) is 8.42 Å². The van der Waals surface area contributed by atoms with Crippen molar-refractivity contribution >= 4 is 27.2 Å². The molecule has 4 rings (SSSR count). The summed E-state index contributed by atoms with van der Waals surface area (Å²) < 4.78 is 26.5. The second kappa shape index (κ2) is 7.14. The smallest absolute Gasteiger partial charge is 0.244 e. The van der Waals surface area contributed by atoms with Crippen molar-refractivity contribution in [3.63, 3.8) is 0 Å². The number of H-pyrrole nitrogens is 1. The molecular weight excluding hydrogens is 372 g/mol. The number of nitrogens with zero attached hydrogens (tertiary/aromatic N) is 4. The molecule has 0 bridgehead atoms. The zero-order valence-electron chi connectivity index (χ0n) is 13.9. The number of hydrogen-bond acceptors (Lipinski definition) is 7. The normalized spacial score (nSPS) is 15.4. The van der Waals surface area contributed by atoms with Gasteiger partial charge in [0.05, 0.1) is 11.4 Å². The summed E-state index contributed by atoms with van der Waals surface area (Å²) >= 11 is 1.58. The zero-order chi connectivity index (χ0) is 18.0. The van der Waals surface area contributed by atoms with Crippen LogP contribution in [0, 0.1) is 0 Å². The molecule has 0 amide bonds. The first kappa shape index (κ1) is 17.1. The summed E-state index contributed by atoms with van der Waals surface area (Å²) in [6.07, 6.45) is 3.22. The summed E-state index contributed by atoms with van der Waals surface area (Å²) in [5.74, 6) is 1.93. The van der Waals surface area contributed by atoms with Crippen molar-refractivity contribution in [3.05, 3.63) is 41.7 Å². The molecule has 1 aliphatic heterocycles. The molecule has 0 unspecified atom stereocenters. The lowest BCUT2D eigenvalue weighted by Crippen LogP contribution is -2.27. The highest BCUT2D eigenvalue weighted by Gasteiger charge is 2.27. The number of thiophene rings is 1. The van der Waals surface area contributed by atoms with Gasteiger partial charge in [0, 0.05) is 19.3 Å². The Labute approximate surface area is 155 Å². The van der Waals surface area contributed by atoms with Crippen LogP contribution in [-0.4, -0.2) is 46.0 Å². The minimum Gasteiger partial charge on any atom is -0.363 e. The number of pyridine rings is 1. The van der Waals surface area contributed by atoms with Crippen LogP contribution in [0.3, 0.4) is 0 Å². The van der Waals surface area contributed by atoms with Crippen molar-refractivity contribution in [2.24, 2.45) is 0 Å². The molecule has 0 spiro atoms. The Bertz CT molecular complexity index is 961. The lowest BCUT2D eigenvalue weighted by molar-refractivity contribution is 0.477. The van der Waals surface area contributed by atoms with Gasteiger partial charge in [0.15, 0.2) is 5.82 Å². The second-order valence-electron chi connectivity index (χ2n) is 5.93. The molecule has 1 aliphatic rings. The summed E-state index contributed by atoms with van der Waals surface area (Å²) in [6, 6.07) is 7.17.